The summed E-state index contributed by atoms with van der Waals surface area (Å²) in [5, 5.41) is 0. The van der Waals surface area contributed by atoms with Crippen molar-refractivity contribution >= 4 is 27.5 Å². The maximum Gasteiger partial charge on any atom is 0.164 e. The molecule has 1 aliphatic carbocycles. The van der Waals surface area contributed by atoms with E-state index in [-0.39, 0.29) is 11.6 Å². The Kier molecular flexibility index (Phi) is 2.27. The summed E-state index contributed by atoms with van der Waals surface area (Å²) in [6.45, 7) is 1.53. The van der Waals surface area contributed by atoms with E-state index in [2.05, 4.69) is 15.9 Å². The van der Waals surface area contributed by atoms with Crippen LogP contribution in [0.3, 0.4) is 0 Å². The molecule has 72 valence electrons. The predicted octanol–water partition coefficient (Wildman–Crippen LogP) is 2.78. The lowest BCUT2D eigenvalue weighted by molar-refractivity contribution is 0.0992. The van der Waals surface area contributed by atoms with Crippen molar-refractivity contribution in [3.05, 3.63) is 33.3 Å². The molecule has 0 N–H and O–H groups in total. The summed E-state index contributed by atoms with van der Waals surface area (Å²) in [4.78, 5) is 22.8. The van der Waals surface area contributed by atoms with E-state index >= 15 is 0 Å². The summed E-state index contributed by atoms with van der Waals surface area (Å²) in [6, 6.07) is 3.56. The molecule has 0 aromatic heterocycles. The molecule has 0 saturated heterocycles. The molecule has 0 heterocycles. The highest BCUT2D eigenvalue weighted by Crippen LogP contribution is 2.31. The van der Waals surface area contributed by atoms with E-state index in [0.717, 1.165) is 10.0 Å². The molecule has 0 amide bonds. The van der Waals surface area contributed by atoms with Gasteiger partial charge in [0.25, 0.3) is 0 Å². The fourth-order valence-electron chi connectivity index (χ4n) is 1.87. The monoisotopic (exact) mass is 252 g/mol. The van der Waals surface area contributed by atoms with E-state index in [1.807, 2.05) is 0 Å². The molecule has 14 heavy (non-hydrogen) atoms. The van der Waals surface area contributed by atoms with Gasteiger partial charge < -0.3 is 0 Å². The Morgan fingerprint density at radius 3 is 2.71 bits per heavy atom. The molecule has 0 bridgehead atoms. The van der Waals surface area contributed by atoms with E-state index in [0.29, 0.717) is 24.0 Å². The fourth-order valence-corrected chi connectivity index (χ4v) is 2.47. The van der Waals surface area contributed by atoms with Crippen molar-refractivity contribution in [3.8, 4) is 0 Å². The number of Topliss-reactive ketones (excluding diaryl/α,β-unsaturated/α-hetero) is 2. The lowest BCUT2D eigenvalue weighted by Crippen LogP contribution is -2.00. The molecule has 2 rings (SSSR count). The molecule has 0 unspecified atom stereocenters. The minimum Gasteiger partial charge on any atom is -0.295 e. The highest BCUT2D eigenvalue weighted by atomic mass is 79.9. The van der Waals surface area contributed by atoms with Gasteiger partial charge in [0.1, 0.15) is 0 Å². The summed E-state index contributed by atoms with van der Waals surface area (Å²) in [7, 11) is 0. The van der Waals surface area contributed by atoms with Crippen LogP contribution in [0.2, 0.25) is 0 Å². The summed E-state index contributed by atoms with van der Waals surface area (Å²) in [5.41, 5.74) is 2.31. The van der Waals surface area contributed by atoms with Crippen LogP contribution < -0.4 is 0 Å². The van der Waals surface area contributed by atoms with Gasteiger partial charge in [0, 0.05) is 22.0 Å². The number of benzene rings is 1. The third-order valence-electron chi connectivity index (χ3n) is 2.52. The highest BCUT2D eigenvalue weighted by Gasteiger charge is 2.25. The van der Waals surface area contributed by atoms with Crippen molar-refractivity contribution < 1.29 is 9.59 Å². The first kappa shape index (κ1) is 9.59. The first-order valence-electron chi connectivity index (χ1n) is 4.47. The minimum absolute atomic E-state index is 0.0310. The Bertz CT molecular complexity index is 435. The second-order valence-corrected chi connectivity index (χ2v) is 4.28. The van der Waals surface area contributed by atoms with Crippen LogP contribution in [0.5, 0.6) is 0 Å². The topological polar surface area (TPSA) is 34.1 Å². The van der Waals surface area contributed by atoms with Crippen LogP contribution in [-0.2, 0) is 6.42 Å². The first-order valence-corrected chi connectivity index (χ1v) is 5.26. The van der Waals surface area contributed by atoms with Crippen molar-refractivity contribution in [2.75, 3.05) is 0 Å². The van der Waals surface area contributed by atoms with Gasteiger partial charge in [-0.25, -0.2) is 0 Å². The van der Waals surface area contributed by atoms with Gasteiger partial charge in [-0.05, 0) is 31.0 Å². The fraction of sp³-hybridized carbons (Fsp3) is 0.273. The predicted molar refractivity (Wildman–Crippen MR) is 56.8 cm³/mol. The zero-order valence-corrected chi connectivity index (χ0v) is 9.35. The number of hydrogen-bond donors (Lipinski definition) is 0. The Hall–Kier alpha value is -0.960. The second-order valence-electron chi connectivity index (χ2n) is 3.43. The molecule has 0 fully saturated rings. The Morgan fingerprint density at radius 1 is 1.36 bits per heavy atom. The second kappa shape index (κ2) is 3.31. The van der Waals surface area contributed by atoms with Crippen LogP contribution in [0.25, 0.3) is 0 Å². The van der Waals surface area contributed by atoms with E-state index in [1.165, 1.54) is 6.92 Å². The average Bonchev–Trinajstić information content (AvgIpc) is 2.49. The number of carbonyl (C=O) groups excluding carboxylic acids is 2. The van der Waals surface area contributed by atoms with Gasteiger partial charge in [-0.2, -0.15) is 0 Å². The number of hydrogen-bond acceptors (Lipinski definition) is 2. The summed E-state index contributed by atoms with van der Waals surface area (Å²) >= 11 is 3.34. The molecule has 3 heteroatoms. The third-order valence-corrected chi connectivity index (χ3v) is 3.18. The Balaban J connectivity index is 2.70. The molecule has 2 nitrogen and oxygen atoms in total. The molecule has 0 radical (unpaired) electrons. The van der Waals surface area contributed by atoms with Gasteiger partial charge in [-0.15, -0.1) is 0 Å². The standard InChI is InChI=1S/C11H9BrO2/c1-6(13)7-2-4-9(12)11-8(7)3-5-10(11)14/h2,4H,3,5H2,1H3. The normalized spacial score (nSPS) is 14.3. The first-order chi connectivity index (χ1) is 6.61. The van der Waals surface area contributed by atoms with E-state index in [9.17, 15) is 9.59 Å². The molecular formula is C11H9BrO2. The molecule has 0 spiro atoms. The zero-order chi connectivity index (χ0) is 10.3. The van der Waals surface area contributed by atoms with Gasteiger partial charge in [0.15, 0.2) is 11.6 Å². The molecule has 1 aromatic carbocycles. The molecular weight excluding hydrogens is 244 g/mol. The van der Waals surface area contributed by atoms with Crippen molar-refractivity contribution in [1.29, 1.82) is 0 Å². The Labute approximate surface area is 90.4 Å². The van der Waals surface area contributed by atoms with E-state index in [4.69, 9.17) is 0 Å². The van der Waals surface area contributed by atoms with Crippen LogP contribution in [0.1, 0.15) is 39.6 Å². The zero-order valence-electron chi connectivity index (χ0n) is 7.76. The molecule has 1 aliphatic rings. The number of rotatable bonds is 1. The maximum absolute atomic E-state index is 11.5. The summed E-state index contributed by atoms with van der Waals surface area (Å²) < 4.78 is 0.806. The third kappa shape index (κ3) is 1.32. The quantitative estimate of drug-likeness (QED) is 0.721. The average molecular weight is 253 g/mol. The molecule has 1 aromatic rings. The van der Waals surface area contributed by atoms with E-state index in [1.54, 1.807) is 12.1 Å². The minimum atomic E-state index is 0.0310. The van der Waals surface area contributed by atoms with Crippen molar-refractivity contribution in [2.24, 2.45) is 0 Å². The number of carbonyl (C=O) groups is 2. The van der Waals surface area contributed by atoms with Crippen LogP contribution in [0.15, 0.2) is 16.6 Å². The number of ketones is 2. The largest absolute Gasteiger partial charge is 0.295 e. The number of fused-ring (bicyclic) bond motifs is 1. The van der Waals surface area contributed by atoms with Crippen LogP contribution in [0.4, 0.5) is 0 Å². The smallest absolute Gasteiger partial charge is 0.164 e. The van der Waals surface area contributed by atoms with Gasteiger partial charge >= 0.3 is 0 Å². The highest BCUT2D eigenvalue weighted by molar-refractivity contribution is 9.10. The molecule has 0 saturated carbocycles. The number of halogens is 1. The summed E-state index contributed by atoms with van der Waals surface area (Å²) in [6.07, 6.45) is 1.22. The lowest BCUT2D eigenvalue weighted by Gasteiger charge is -2.05. The van der Waals surface area contributed by atoms with Crippen molar-refractivity contribution in [2.45, 2.75) is 19.8 Å². The van der Waals surface area contributed by atoms with Crippen molar-refractivity contribution in [1.82, 2.24) is 0 Å². The van der Waals surface area contributed by atoms with Gasteiger partial charge in [0.05, 0.1) is 0 Å². The van der Waals surface area contributed by atoms with Crippen LogP contribution in [-0.4, -0.2) is 11.6 Å². The maximum atomic E-state index is 11.5. The van der Waals surface area contributed by atoms with Gasteiger partial charge in [-0.3, -0.25) is 9.59 Å². The lowest BCUT2D eigenvalue weighted by atomic mass is 10.0. The van der Waals surface area contributed by atoms with Gasteiger partial charge in [0.2, 0.25) is 0 Å². The molecule has 0 atom stereocenters. The Morgan fingerprint density at radius 2 is 2.07 bits per heavy atom. The van der Waals surface area contributed by atoms with Gasteiger partial charge in [-0.1, -0.05) is 15.9 Å². The van der Waals surface area contributed by atoms with Crippen LogP contribution in [0, 0.1) is 0 Å². The molecule has 0 aliphatic heterocycles. The SMILES string of the molecule is CC(=O)c1ccc(Br)c2c1CCC2=O. The van der Waals surface area contributed by atoms with Crippen LogP contribution >= 0.6 is 15.9 Å². The summed E-state index contributed by atoms with van der Waals surface area (Å²) in [5.74, 6) is 0.165. The van der Waals surface area contributed by atoms with E-state index < -0.39 is 0 Å². The van der Waals surface area contributed by atoms with Crippen molar-refractivity contribution in [3.63, 3.8) is 0 Å².